The Morgan fingerprint density at radius 2 is 1.00 bits per heavy atom. The molecule has 504 valence electrons. The Balaban J connectivity index is 0.758. The quantitative estimate of drug-likeness (QED) is 0.0344. The number of hydrogen-bond donors (Lipinski definition) is 18. The molecule has 4 aliphatic carbocycles. The molecule has 9 fully saturated rings. The zero-order chi connectivity index (χ0) is 63.6. The van der Waals surface area contributed by atoms with Crippen LogP contribution in [0.4, 0.5) is 0 Å². The summed E-state index contributed by atoms with van der Waals surface area (Å²) < 4.78 is 63.6. The van der Waals surface area contributed by atoms with Crippen LogP contribution in [0.15, 0.2) is 24.3 Å². The Labute approximate surface area is 506 Å². The van der Waals surface area contributed by atoms with E-state index in [2.05, 4.69) is 0 Å². The largest absolute Gasteiger partial charge is 0.460 e. The standard InChI is InChI=1S/C57H90O31/c1-21-51(87-39(66)11-5-22-2-7-26(8-3-22)80-55-47(74)44(71)42(69)37(86-55)20-78-38(65)10-6-23-4-9-28(61)29(62)12-23)45(72)49(76)54(79-21)88-53-36(19-59)85-57(50(77)46(53)73)83-34-17-27-32(81-52(34)24-13-30(63)40(67)31(64)14-24)15-25(60)16-33(27)82-56-48(75)43(70)41(68)35(18-58)84-56/h5-6,10-11,21-37,40-64,67-77H,2-4,7-9,12-20H2,1H3/p+1/t21-,22?,23?,24?,25?,26?,27?,28?,29?,30?,31?,32?,33?,34?,35-,36-,37-,40?,41-,42-,43+,44+,45-,46-,47-,48-,49-,50-,51-,52?,53-,54+,55+,56-,57-/m0/s1. The van der Waals surface area contributed by atoms with E-state index in [0.29, 0.717) is 38.5 Å². The molecule has 0 aromatic rings. The predicted molar refractivity (Wildman–Crippen MR) is 288 cm³/mol. The molecule has 0 spiro atoms. The van der Waals surface area contributed by atoms with Crippen molar-refractivity contribution < 1.29 is 154 Å². The molecule has 0 radical (unpaired) electrons. The van der Waals surface area contributed by atoms with Crippen LogP contribution < -0.4 is 0 Å². The lowest BCUT2D eigenvalue weighted by Gasteiger charge is -2.50. The molecule has 31 nitrogen and oxygen atoms in total. The first-order valence-corrected chi connectivity index (χ1v) is 30.6. The third-order valence-corrected chi connectivity index (χ3v) is 19.1. The summed E-state index contributed by atoms with van der Waals surface area (Å²) in [5.74, 6) is -3.30. The van der Waals surface area contributed by atoms with Gasteiger partial charge in [0.05, 0.1) is 68.0 Å². The first-order valence-electron chi connectivity index (χ1n) is 30.6. The van der Waals surface area contributed by atoms with Crippen LogP contribution >= 0.6 is 0 Å². The van der Waals surface area contributed by atoms with Gasteiger partial charge in [-0.25, -0.2) is 9.59 Å². The molecule has 31 heteroatoms. The average Bonchev–Trinajstić information content (AvgIpc) is 2.58. The van der Waals surface area contributed by atoms with Crippen LogP contribution in [-0.2, 0) is 57.0 Å². The van der Waals surface area contributed by atoms with Crippen LogP contribution in [0.2, 0.25) is 0 Å². The molecule has 9 aliphatic rings. The van der Waals surface area contributed by atoms with E-state index in [1.165, 1.54) is 13.0 Å². The van der Waals surface area contributed by atoms with Gasteiger partial charge in [-0.2, -0.15) is 0 Å². The molecule has 19 N–H and O–H groups in total. The van der Waals surface area contributed by atoms with Crippen molar-refractivity contribution in [2.45, 2.75) is 274 Å². The molecule has 5 saturated heterocycles. The number of hydrogen-bond acceptors (Lipinski definition) is 30. The first-order chi connectivity index (χ1) is 41.8. The number of aliphatic hydroxyl groups excluding tert-OH is 18. The monoisotopic (exact) mass is 1270 g/mol. The molecular formula is C57H91O31+. The molecule has 4 saturated carbocycles. The van der Waals surface area contributed by atoms with E-state index >= 15 is 0 Å². The Kier molecular flexibility index (Phi) is 24.2. The van der Waals surface area contributed by atoms with Gasteiger partial charge in [0.2, 0.25) is 0 Å². The van der Waals surface area contributed by atoms with E-state index in [4.69, 9.17) is 52.1 Å². The van der Waals surface area contributed by atoms with Crippen molar-refractivity contribution in [2.24, 2.45) is 23.7 Å². The molecule has 0 aromatic heterocycles. The number of fused-ring (bicyclic) bond motifs is 1. The van der Waals surface area contributed by atoms with Crippen molar-refractivity contribution in [2.75, 3.05) is 19.8 Å². The second-order valence-electron chi connectivity index (χ2n) is 25.3. The van der Waals surface area contributed by atoms with Crippen LogP contribution in [0, 0.1) is 23.7 Å². The van der Waals surface area contributed by atoms with Gasteiger partial charge in [-0.1, -0.05) is 12.2 Å². The number of rotatable bonds is 18. The Bertz CT molecular complexity index is 2260. The fourth-order valence-corrected chi connectivity index (χ4v) is 13.9. The highest BCUT2D eigenvalue weighted by atomic mass is 16.8. The van der Waals surface area contributed by atoms with Gasteiger partial charge in [0.25, 0.3) is 0 Å². The fraction of sp³-hybridized carbons (Fsp3) is 0.895. The van der Waals surface area contributed by atoms with Crippen molar-refractivity contribution in [1.82, 2.24) is 0 Å². The number of allylic oxidation sites excluding steroid dienone is 2. The summed E-state index contributed by atoms with van der Waals surface area (Å²) in [7, 11) is 0. The summed E-state index contributed by atoms with van der Waals surface area (Å²) in [4.78, 5) is 25.6. The van der Waals surface area contributed by atoms with Crippen LogP contribution in [0.25, 0.3) is 0 Å². The number of carbonyl (C=O) groups is 2. The molecule has 5 aliphatic heterocycles. The van der Waals surface area contributed by atoms with E-state index < -0.39 is 234 Å². The van der Waals surface area contributed by atoms with E-state index in [-0.39, 0.29) is 50.4 Å². The smallest absolute Gasteiger partial charge is 0.330 e. The Morgan fingerprint density at radius 3 is 1.64 bits per heavy atom. The fourth-order valence-electron chi connectivity index (χ4n) is 13.9. The van der Waals surface area contributed by atoms with Crippen molar-refractivity contribution in [3.05, 3.63) is 24.3 Å². The highest BCUT2D eigenvalue weighted by molar-refractivity contribution is 5.82. The van der Waals surface area contributed by atoms with Gasteiger partial charge >= 0.3 is 11.9 Å². The lowest BCUT2D eigenvalue weighted by molar-refractivity contribution is -0.381. The molecular weight excluding hydrogens is 1180 g/mol. The van der Waals surface area contributed by atoms with Crippen LogP contribution in [-0.4, -0.2) is 318 Å². The van der Waals surface area contributed by atoms with E-state index in [9.17, 15) is 102 Å². The zero-order valence-corrected chi connectivity index (χ0v) is 48.5. The lowest BCUT2D eigenvalue weighted by Crippen LogP contribution is -2.66. The molecule has 5 heterocycles. The van der Waals surface area contributed by atoms with Gasteiger partial charge < -0.3 is 144 Å². The van der Waals surface area contributed by atoms with Crippen molar-refractivity contribution in [3.8, 4) is 0 Å². The zero-order valence-electron chi connectivity index (χ0n) is 48.5. The maximum absolute atomic E-state index is 13.2. The molecule has 9 rings (SSSR count). The molecule has 0 amide bonds. The minimum absolute atomic E-state index is 0.000119. The van der Waals surface area contributed by atoms with Gasteiger partial charge in [0.1, 0.15) is 104 Å². The summed E-state index contributed by atoms with van der Waals surface area (Å²) in [5.41, 5.74) is 0. The molecule has 31 atom stereocenters. The second-order valence-corrected chi connectivity index (χ2v) is 25.3. The second kappa shape index (κ2) is 30.6. The predicted octanol–water partition coefficient (Wildman–Crippen LogP) is -7.75. The minimum Gasteiger partial charge on any atom is -0.460 e. The third kappa shape index (κ3) is 16.1. The van der Waals surface area contributed by atoms with E-state index in [0.717, 1.165) is 6.08 Å². The first kappa shape index (κ1) is 69.7. The number of carbonyl (C=O) groups excluding carboxylic acids is 2. The summed E-state index contributed by atoms with van der Waals surface area (Å²) >= 11 is 0. The number of esters is 2. The normalized spacial score (nSPS) is 50.6. The molecule has 88 heavy (non-hydrogen) atoms. The summed E-state index contributed by atoms with van der Waals surface area (Å²) in [6, 6.07) is 0. The Morgan fingerprint density at radius 1 is 0.466 bits per heavy atom. The van der Waals surface area contributed by atoms with Gasteiger partial charge in [-0.3, -0.25) is 0 Å². The molecule has 0 aromatic carbocycles. The van der Waals surface area contributed by atoms with Crippen molar-refractivity contribution in [3.63, 3.8) is 0 Å². The third-order valence-electron chi connectivity index (χ3n) is 19.1. The summed E-state index contributed by atoms with van der Waals surface area (Å²) in [6.45, 7) is -0.667. The molecule has 0 bridgehead atoms. The summed E-state index contributed by atoms with van der Waals surface area (Å²) in [6.07, 6.45) is -35.3. The van der Waals surface area contributed by atoms with Crippen LogP contribution in [0.1, 0.15) is 84.0 Å². The lowest BCUT2D eigenvalue weighted by atomic mass is 9.72. The van der Waals surface area contributed by atoms with E-state index in [1.807, 2.05) is 0 Å². The van der Waals surface area contributed by atoms with Crippen molar-refractivity contribution in [1.29, 1.82) is 0 Å². The topological polar surface area (TPSA) is 503 Å². The van der Waals surface area contributed by atoms with Gasteiger partial charge in [0, 0.05) is 30.9 Å². The van der Waals surface area contributed by atoms with Crippen molar-refractivity contribution >= 4 is 11.9 Å². The highest BCUT2D eigenvalue weighted by Gasteiger charge is 2.59. The van der Waals surface area contributed by atoms with E-state index in [1.54, 1.807) is 12.2 Å². The Hall–Kier alpha value is -2.66. The van der Waals surface area contributed by atoms with Gasteiger partial charge in [-0.05, 0) is 83.0 Å². The number of ether oxygens (including phenoxy) is 11. The van der Waals surface area contributed by atoms with Gasteiger partial charge in [-0.15, -0.1) is 0 Å². The average molecular weight is 1270 g/mol. The van der Waals surface area contributed by atoms with Crippen LogP contribution in [0.3, 0.4) is 0 Å². The van der Waals surface area contributed by atoms with Gasteiger partial charge in [0.15, 0.2) is 43.5 Å². The summed E-state index contributed by atoms with van der Waals surface area (Å²) in [5, 5.41) is 193. The molecule has 11 unspecified atom stereocenters. The number of aliphatic hydroxyl groups is 20. The maximum atomic E-state index is 13.2. The SMILES string of the molecule is C[C@@H]1O[C@H](O[C@@H]2[C@@H](O)[C@H](O)[C@@H](OC3CC4C(O[C@H]5O[C@@H](CO)[C@H](O)[C@@H](O)[C@@H]5O)CC(O)CC4[OH+]C3C3CC(O)C(O)C(O)C3)O[C@H]2CO)[C@@H](O)[C@H](O)[C@H]1OC(=O)C=CC1CCC(O[C@@H]2O[C@@H](COC(=O)C=CC3CCC(O)C(O)C3)[C@H](O)[C@@H](O)[C@@H]2O)CC1. The highest BCUT2D eigenvalue weighted by Crippen LogP contribution is 2.45. The minimum atomic E-state index is -1.96. The maximum Gasteiger partial charge on any atom is 0.330 e. The van der Waals surface area contributed by atoms with Crippen LogP contribution in [0.5, 0.6) is 0 Å².